The van der Waals surface area contributed by atoms with E-state index in [4.69, 9.17) is 4.42 Å². The molecular weight excluding hydrogens is 382 g/mol. The molecule has 1 amide bonds. The maximum atomic E-state index is 13.2. The van der Waals surface area contributed by atoms with Crippen LogP contribution in [0.15, 0.2) is 63.8 Å². The van der Waals surface area contributed by atoms with Crippen molar-refractivity contribution >= 4 is 22.7 Å². The minimum Gasteiger partial charge on any atom is -0.508 e. The molecule has 0 radical (unpaired) electrons. The van der Waals surface area contributed by atoms with Crippen molar-refractivity contribution in [2.24, 2.45) is 0 Å². The van der Waals surface area contributed by atoms with Gasteiger partial charge in [0, 0.05) is 23.2 Å². The summed E-state index contributed by atoms with van der Waals surface area (Å²) in [6.07, 6.45) is 2.10. The highest BCUT2D eigenvalue weighted by molar-refractivity contribution is 5.93. The molecule has 5 rings (SSSR count). The maximum Gasteiger partial charge on any atom is 0.230 e. The number of aromatic amines is 1. The normalized spacial score (nSPS) is 13.5. The van der Waals surface area contributed by atoms with Gasteiger partial charge in [-0.15, -0.1) is 0 Å². The van der Waals surface area contributed by atoms with Gasteiger partial charge in [-0.05, 0) is 49.2 Å². The van der Waals surface area contributed by atoms with E-state index in [1.54, 1.807) is 36.4 Å². The van der Waals surface area contributed by atoms with E-state index in [1.807, 2.05) is 6.07 Å². The van der Waals surface area contributed by atoms with Gasteiger partial charge in [-0.1, -0.05) is 12.1 Å². The molecule has 150 valence electrons. The number of phenols is 1. The van der Waals surface area contributed by atoms with Crippen LogP contribution in [0.25, 0.3) is 22.3 Å². The molecule has 1 saturated carbocycles. The van der Waals surface area contributed by atoms with Crippen LogP contribution in [0.1, 0.15) is 30.0 Å². The number of H-pyrrole nitrogens is 1. The lowest BCUT2D eigenvalue weighted by atomic mass is 10.0. The van der Waals surface area contributed by atoms with E-state index in [9.17, 15) is 14.7 Å². The SMILES string of the molecule is O=C(Cc1c(-c2ccc(O)cc2)oc2ccccc2c1=O)Nc1cc(C2CC2)[nH]n1. The van der Waals surface area contributed by atoms with E-state index in [2.05, 4.69) is 15.5 Å². The molecule has 0 unspecified atom stereocenters. The third kappa shape index (κ3) is 3.45. The molecule has 7 heteroatoms. The van der Waals surface area contributed by atoms with Gasteiger partial charge in [-0.3, -0.25) is 14.7 Å². The highest BCUT2D eigenvalue weighted by atomic mass is 16.3. The second-order valence-corrected chi connectivity index (χ2v) is 7.49. The number of para-hydroxylation sites is 1. The van der Waals surface area contributed by atoms with Crippen molar-refractivity contribution in [3.8, 4) is 17.1 Å². The number of hydrogen-bond acceptors (Lipinski definition) is 5. The highest BCUT2D eigenvalue weighted by Gasteiger charge is 2.26. The first-order valence-corrected chi connectivity index (χ1v) is 9.78. The molecule has 0 atom stereocenters. The van der Waals surface area contributed by atoms with E-state index < -0.39 is 0 Å². The van der Waals surface area contributed by atoms with E-state index in [0.717, 1.165) is 18.5 Å². The van der Waals surface area contributed by atoms with E-state index in [-0.39, 0.29) is 29.1 Å². The van der Waals surface area contributed by atoms with Crippen LogP contribution in [0.5, 0.6) is 5.75 Å². The number of anilines is 1. The predicted octanol–water partition coefficient (Wildman–Crippen LogP) is 3.95. The zero-order valence-corrected chi connectivity index (χ0v) is 16.0. The lowest BCUT2D eigenvalue weighted by Gasteiger charge is -2.10. The average Bonchev–Trinajstić information content (AvgIpc) is 3.50. The third-order valence-electron chi connectivity index (χ3n) is 5.24. The molecule has 3 N–H and O–H groups in total. The molecule has 2 heterocycles. The molecule has 0 spiro atoms. The van der Waals surface area contributed by atoms with E-state index >= 15 is 0 Å². The van der Waals surface area contributed by atoms with Gasteiger partial charge < -0.3 is 14.8 Å². The fourth-order valence-electron chi connectivity index (χ4n) is 3.54. The van der Waals surface area contributed by atoms with Crippen molar-refractivity contribution < 1.29 is 14.3 Å². The largest absolute Gasteiger partial charge is 0.508 e. The molecule has 30 heavy (non-hydrogen) atoms. The molecule has 1 fully saturated rings. The van der Waals surface area contributed by atoms with Gasteiger partial charge in [0.1, 0.15) is 17.1 Å². The summed E-state index contributed by atoms with van der Waals surface area (Å²) in [6, 6.07) is 15.1. The summed E-state index contributed by atoms with van der Waals surface area (Å²) in [6.45, 7) is 0. The Balaban J connectivity index is 1.51. The standard InChI is InChI=1S/C23H19N3O4/c27-15-9-7-14(8-10-15)23-17(22(29)16-3-1-2-4-19(16)30-23)11-21(28)24-20-12-18(25-26-20)13-5-6-13/h1-4,7-10,12-13,27H,5-6,11H2,(H2,24,25,26,28). The van der Waals surface area contributed by atoms with Crippen molar-refractivity contribution in [3.63, 3.8) is 0 Å². The summed E-state index contributed by atoms with van der Waals surface area (Å²) in [5.74, 6) is 1.00. The molecule has 2 aromatic carbocycles. The summed E-state index contributed by atoms with van der Waals surface area (Å²) >= 11 is 0. The first-order valence-electron chi connectivity index (χ1n) is 9.78. The van der Waals surface area contributed by atoms with Crippen molar-refractivity contribution in [2.45, 2.75) is 25.2 Å². The number of fused-ring (bicyclic) bond motifs is 1. The zero-order chi connectivity index (χ0) is 20.7. The smallest absolute Gasteiger partial charge is 0.230 e. The second kappa shape index (κ2) is 7.18. The number of aromatic hydroxyl groups is 1. The lowest BCUT2D eigenvalue weighted by molar-refractivity contribution is -0.115. The first kappa shape index (κ1) is 18.2. The van der Waals surface area contributed by atoms with Crippen LogP contribution in [0, 0.1) is 0 Å². The second-order valence-electron chi connectivity index (χ2n) is 7.49. The van der Waals surface area contributed by atoms with Gasteiger partial charge in [0.25, 0.3) is 0 Å². The molecule has 0 saturated heterocycles. The number of carbonyl (C=O) groups is 1. The van der Waals surface area contributed by atoms with Crippen molar-refractivity contribution in [1.29, 1.82) is 0 Å². The number of phenolic OH excluding ortho intramolecular Hbond substituents is 1. The number of aromatic nitrogens is 2. The van der Waals surface area contributed by atoms with Crippen LogP contribution in [0.2, 0.25) is 0 Å². The van der Waals surface area contributed by atoms with E-state index in [0.29, 0.717) is 34.0 Å². The minimum absolute atomic E-state index is 0.103. The van der Waals surface area contributed by atoms with Crippen LogP contribution in [0.3, 0.4) is 0 Å². The van der Waals surface area contributed by atoms with Gasteiger partial charge in [-0.25, -0.2) is 0 Å². The van der Waals surface area contributed by atoms with Crippen molar-refractivity contribution in [3.05, 3.63) is 76.1 Å². The highest BCUT2D eigenvalue weighted by Crippen LogP contribution is 2.39. The molecule has 0 bridgehead atoms. The van der Waals surface area contributed by atoms with Crippen molar-refractivity contribution in [1.82, 2.24) is 10.2 Å². The van der Waals surface area contributed by atoms with Crippen LogP contribution < -0.4 is 10.7 Å². The number of benzene rings is 2. The van der Waals surface area contributed by atoms with E-state index in [1.165, 1.54) is 12.1 Å². The van der Waals surface area contributed by atoms with Gasteiger partial charge in [0.05, 0.1) is 17.4 Å². The quantitative estimate of drug-likeness (QED) is 0.469. The van der Waals surface area contributed by atoms with Crippen LogP contribution in [-0.4, -0.2) is 21.2 Å². The number of rotatable bonds is 5. The first-order chi connectivity index (χ1) is 14.6. The Morgan fingerprint density at radius 3 is 2.70 bits per heavy atom. The molecular formula is C23H19N3O4. The number of hydrogen-bond donors (Lipinski definition) is 3. The summed E-state index contributed by atoms with van der Waals surface area (Å²) < 4.78 is 6.01. The summed E-state index contributed by atoms with van der Waals surface area (Å²) in [4.78, 5) is 25.9. The average molecular weight is 401 g/mol. The monoisotopic (exact) mass is 401 g/mol. The molecule has 7 nitrogen and oxygen atoms in total. The fraction of sp³-hybridized carbons (Fsp3) is 0.174. The Morgan fingerprint density at radius 1 is 1.17 bits per heavy atom. The summed E-state index contributed by atoms with van der Waals surface area (Å²) in [5.41, 5.74) is 2.07. The molecule has 1 aliphatic rings. The Kier molecular flexibility index (Phi) is 4.35. The van der Waals surface area contributed by atoms with Crippen LogP contribution in [-0.2, 0) is 11.2 Å². The van der Waals surface area contributed by atoms with Gasteiger partial charge in [0.2, 0.25) is 5.91 Å². The number of amides is 1. The fourth-order valence-corrected chi connectivity index (χ4v) is 3.54. The predicted molar refractivity (Wildman–Crippen MR) is 112 cm³/mol. The van der Waals surface area contributed by atoms with Gasteiger partial charge in [-0.2, -0.15) is 5.10 Å². The number of nitrogens with one attached hydrogen (secondary N) is 2. The summed E-state index contributed by atoms with van der Waals surface area (Å²) in [7, 11) is 0. The number of nitrogens with zero attached hydrogens (tertiary/aromatic N) is 1. The molecule has 1 aliphatic carbocycles. The summed E-state index contributed by atoms with van der Waals surface area (Å²) in [5, 5.41) is 19.8. The maximum absolute atomic E-state index is 13.2. The van der Waals surface area contributed by atoms with Gasteiger partial charge >= 0.3 is 0 Å². The molecule has 4 aromatic rings. The zero-order valence-electron chi connectivity index (χ0n) is 16.0. The molecule has 0 aliphatic heterocycles. The minimum atomic E-state index is -0.355. The molecule has 2 aromatic heterocycles. The topological polar surface area (TPSA) is 108 Å². The Morgan fingerprint density at radius 2 is 1.93 bits per heavy atom. The van der Waals surface area contributed by atoms with Crippen LogP contribution >= 0.6 is 0 Å². The van der Waals surface area contributed by atoms with Gasteiger partial charge in [0.15, 0.2) is 11.2 Å². The Labute approximate surface area is 171 Å². The Bertz CT molecular complexity index is 1300. The Hall–Kier alpha value is -3.87. The van der Waals surface area contributed by atoms with Crippen LogP contribution in [0.4, 0.5) is 5.82 Å². The number of carbonyl (C=O) groups excluding carboxylic acids is 1. The third-order valence-corrected chi connectivity index (χ3v) is 5.24. The lowest BCUT2D eigenvalue weighted by Crippen LogP contribution is -2.21. The van der Waals surface area contributed by atoms with Crippen molar-refractivity contribution in [2.75, 3.05) is 5.32 Å².